The lowest BCUT2D eigenvalue weighted by Gasteiger charge is -2.20. The molecule has 0 spiro atoms. The minimum Gasteiger partial charge on any atom is -0.455 e. The number of fused-ring (bicyclic) bond motifs is 13. The van der Waals surface area contributed by atoms with Gasteiger partial charge in [0.15, 0.2) is 42.1 Å². The Morgan fingerprint density at radius 3 is 1.03 bits per heavy atom. The highest BCUT2D eigenvalue weighted by molar-refractivity contribution is 7.85. The fraction of sp³-hybridized carbons (Fsp3) is 0. The maximum absolute atomic E-state index is 15.1. The first-order valence-corrected chi connectivity index (χ1v) is 42.7. The van der Waals surface area contributed by atoms with Crippen molar-refractivity contribution < 1.29 is 8.98 Å². The Bertz CT molecular complexity index is 7940. The van der Waals surface area contributed by atoms with Gasteiger partial charge in [-0.2, -0.15) is 17.5 Å². The molecule has 0 saturated carbocycles. The lowest BCUT2D eigenvalue weighted by Crippen LogP contribution is -2.24. The van der Waals surface area contributed by atoms with Gasteiger partial charge in [-0.3, -0.25) is 0 Å². The molecule has 0 radical (unpaired) electrons. The molecule has 17 heteroatoms. The number of hydrogen-bond donors (Lipinski definition) is 0. The van der Waals surface area contributed by atoms with Crippen LogP contribution in [0.4, 0.5) is 0 Å². The Labute approximate surface area is 701 Å². The molecule has 0 amide bonds. The summed E-state index contributed by atoms with van der Waals surface area (Å²) in [5, 5.41) is 10.9. The molecular formula is C104H63N12O2PS2. The maximum Gasteiger partial charge on any atom is 0.171 e. The molecule has 0 atom stereocenters. The topological polar surface area (TPSA) is 185 Å². The van der Waals surface area contributed by atoms with Crippen molar-refractivity contribution in [3.8, 4) is 124 Å². The molecule has 0 aliphatic heterocycles. The van der Waals surface area contributed by atoms with Crippen LogP contribution in [0, 0.1) is 0 Å². The fourth-order valence-corrected chi connectivity index (χ4v) is 20.1. The van der Waals surface area contributed by atoms with E-state index in [1.54, 1.807) is 0 Å². The van der Waals surface area contributed by atoms with Crippen LogP contribution in [0.3, 0.4) is 0 Å². The lowest BCUT2D eigenvalue weighted by atomic mass is 9.97. The van der Waals surface area contributed by atoms with Gasteiger partial charge in [0.05, 0.1) is 45.9 Å². The van der Waals surface area contributed by atoms with Gasteiger partial charge in [0.1, 0.15) is 33.2 Å². The molecule has 16 aromatic carbocycles. The van der Waals surface area contributed by atoms with Crippen molar-refractivity contribution in [3.05, 3.63) is 382 Å². The predicted molar refractivity (Wildman–Crippen MR) is 494 cm³/mol. The SMILES string of the molecule is O=P(c1ccccc1)(c1ccccc1)c1ccc(-c2nc(-c3ccccc3)nc(-c3cccc(-c4ccc(-c5nc6ccccc6c6c5ccc5nsnc56)cc4)c3)n2)cc1.c1ccc(-c2nc(-c3ccc(-c4cccc5c4oc4ccccc45)cc3)nc(-c3cccc(-c4ccc(-c5nc6ccccc6c6c5ccc5nsnc56)cc4)c3)n2)cc1. The van der Waals surface area contributed by atoms with E-state index in [0.29, 0.717) is 34.9 Å². The van der Waals surface area contributed by atoms with Gasteiger partial charge in [-0.15, -0.1) is 0 Å². The summed E-state index contributed by atoms with van der Waals surface area (Å²) in [6, 6.07) is 129. The fourth-order valence-electron chi connectivity index (χ4n) is 16.3. The van der Waals surface area contributed by atoms with Crippen LogP contribution in [0.2, 0.25) is 0 Å². The van der Waals surface area contributed by atoms with Crippen LogP contribution in [0.25, 0.3) is 212 Å². The summed E-state index contributed by atoms with van der Waals surface area (Å²) in [5.74, 6) is 3.47. The summed E-state index contributed by atoms with van der Waals surface area (Å²) in [6.07, 6.45) is 0. The second-order valence-electron chi connectivity index (χ2n) is 29.5. The molecule has 121 heavy (non-hydrogen) atoms. The van der Waals surface area contributed by atoms with Gasteiger partial charge >= 0.3 is 0 Å². The van der Waals surface area contributed by atoms with Crippen LogP contribution in [0.5, 0.6) is 0 Å². The first-order chi connectivity index (χ1) is 59.8. The number of para-hydroxylation sites is 4. The van der Waals surface area contributed by atoms with Crippen molar-refractivity contribution in [2.24, 2.45) is 0 Å². The molecule has 14 nitrogen and oxygen atoms in total. The standard InChI is InChI=1S/C52H33N6OPS.C52H30N6OS/c59-60(40-17-6-2-7-18-40,41-19-8-3-9-20-41)42-29-27-37(28-30-42)51-54-50(36-13-4-1-5-14-36)55-52(56-51)39-16-12-15-38(33-39)34-23-25-35(26-24-34)48-44-31-32-46-49(58-61-57-46)47(44)43-21-10-11-22-45(43)53-48;1-2-10-34(11-3-1)50-54-51(35-26-22-32(23-27-35)38-16-9-17-40-39-14-5-7-19-45(39)59-49(38)40)56-52(55-50)37-13-8-12-36(30-37)31-20-24-33(25-21-31)47-42-28-29-44-48(58-60-57-44)46(42)41-15-4-6-18-43(41)53-47/h1-33H;1-30H. The van der Waals surface area contributed by atoms with Gasteiger partial charge in [0.25, 0.3) is 0 Å². The summed E-state index contributed by atoms with van der Waals surface area (Å²) in [6.45, 7) is 0. The number of nitrogens with zero attached hydrogens (tertiary/aromatic N) is 12. The van der Waals surface area contributed by atoms with Gasteiger partial charge in [-0.1, -0.05) is 328 Å². The van der Waals surface area contributed by atoms with Crippen LogP contribution in [0.1, 0.15) is 0 Å². The van der Waals surface area contributed by atoms with E-state index >= 15 is 4.57 Å². The highest BCUT2D eigenvalue weighted by Crippen LogP contribution is 2.45. The number of rotatable bonds is 14. The Balaban J connectivity index is 0.000000145. The molecule has 7 aromatic heterocycles. The van der Waals surface area contributed by atoms with Gasteiger partial charge in [-0.05, 0) is 82.4 Å². The van der Waals surface area contributed by atoms with Crippen molar-refractivity contribution >= 4 is 134 Å². The van der Waals surface area contributed by atoms with E-state index in [4.69, 9.17) is 44.3 Å². The predicted octanol–water partition coefficient (Wildman–Crippen LogP) is 25.0. The van der Waals surface area contributed by atoms with Crippen LogP contribution >= 0.6 is 30.6 Å². The second-order valence-corrected chi connectivity index (χ2v) is 33.4. The summed E-state index contributed by atoms with van der Waals surface area (Å²) < 4.78 is 39.8. The van der Waals surface area contributed by atoms with E-state index in [1.165, 1.54) is 23.5 Å². The lowest BCUT2D eigenvalue weighted by molar-refractivity contribution is 0.592. The average Bonchev–Trinajstić information content (AvgIpc) is 1.70. The highest BCUT2D eigenvalue weighted by atomic mass is 32.1. The van der Waals surface area contributed by atoms with Crippen molar-refractivity contribution in [1.29, 1.82) is 0 Å². The molecular weight excluding hydrogens is 1540 g/mol. The van der Waals surface area contributed by atoms with E-state index < -0.39 is 7.14 Å². The minimum absolute atomic E-state index is 0.528. The Hall–Kier alpha value is -15.5. The molecule has 0 fully saturated rings. The number of aromatic nitrogens is 12. The van der Waals surface area contributed by atoms with Gasteiger partial charge in [-0.25, -0.2) is 39.9 Å². The molecule has 0 aliphatic carbocycles. The average molecular weight is 1610 g/mol. The van der Waals surface area contributed by atoms with Crippen LogP contribution < -0.4 is 15.9 Å². The van der Waals surface area contributed by atoms with E-state index in [1.807, 2.05) is 212 Å². The number of hydrogen-bond acceptors (Lipinski definition) is 16. The highest BCUT2D eigenvalue weighted by Gasteiger charge is 2.30. The molecule has 23 aromatic rings. The van der Waals surface area contributed by atoms with E-state index in [-0.39, 0.29) is 0 Å². The summed E-state index contributed by atoms with van der Waals surface area (Å²) in [7, 11) is -3.15. The first-order valence-electron chi connectivity index (χ1n) is 39.6. The third-order valence-corrected chi connectivity index (χ3v) is 26.5. The third kappa shape index (κ3) is 13.3. The largest absolute Gasteiger partial charge is 0.455 e. The zero-order valence-electron chi connectivity index (χ0n) is 64.3. The molecule has 23 rings (SSSR count). The van der Waals surface area contributed by atoms with E-state index in [2.05, 4.69) is 187 Å². The third-order valence-electron chi connectivity index (χ3n) is 22.3. The van der Waals surface area contributed by atoms with Crippen molar-refractivity contribution in [2.75, 3.05) is 0 Å². The quantitative estimate of drug-likeness (QED) is 0.0739. The molecule has 0 bridgehead atoms. The second kappa shape index (κ2) is 30.6. The molecule has 0 unspecified atom stereocenters. The van der Waals surface area contributed by atoms with Crippen LogP contribution in [0.15, 0.2) is 387 Å². The molecule has 0 saturated heterocycles. The summed E-state index contributed by atoms with van der Waals surface area (Å²) >= 11 is 2.47. The molecule has 568 valence electrons. The Morgan fingerprint density at radius 2 is 0.562 bits per heavy atom. The Morgan fingerprint density at radius 1 is 0.223 bits per heavy atom. The zero-order chi connectivity index (χ0) is 80.3. The van der Waals surface area contributed by atoms with Crippen molar-refractivity contribution in [2.45, 2.75) is 0 Å². The van der Waals surface area contributed by atoms with Gasteiger partial charge < -0.3 is 8.98 Å². The molecule has 0 N–H and O–H groups in total. The van der Waals surface area contributed by atoms with Crippen molar-refractivity contribution in [3.63, 3.8) is 0 Å². The Kier molecular flexibility index (Phi) is 18.2. The number of furan rings is 1. The maximum atomic E-state index is 15.1. The van der Waals surface area contributed by atoms with E-state index in [9.17, 15) is 0 Å². The van der Waals surface area contributed by atoms with E-state index in [0.717, 1.165) is 193 Å². The van der Waals surface area contributed by atoms with Crippen LogP contribution in [-0.2, 0) is 4.57 Å². The zero-order valence-corrected chi connectivity index (χ0v) is 66.8. The monoisotopic (exact) mass is 1610 g/mol. The normalized spacial score (nSPS) is 11.7. The van der Waals surface area contributed by atoms with Gasteiger partial charge in [0, 0.05) is 109 Å². The molecule has 7 heterocycles. The first kappa shape index (κ1) is 72.0. The summed E-state index contributed by atoms with van der Waals surface area (Å²) in [4.78, 5) is 40.5. The smallest absolute Gasteiger partial charge is 0.171 e. The van der Waals surface area contributed by atoms with Gasteiger partial charge in [0.2, 0.25) is 0 Å². The number of pyridine rings is 2. The summed E-state index contributed by atoms with van der Waals surface area (Å²) in [5.41, 5.74) is 22.7. The van der Waals surface area contributed by atoms with Crippen molar-refractivity contribution in [1.82, 2.24) is 57.4 Å². The van der Waals surface area contributed by atoms with Crippen LogP contribution in [-0.4, -0.2) is 57.4 Å². The number of benzene rings is 16. The minimum atomic E-state index is -3.15. The molecule has 0 aliphatic rings.